The fourth-order valence-electron chi connectivity index (χ4n) is 2.82. The standard InChI is InChI=1S/C23H24N2O/c1-19-12-14-20(15-13-19)16-24-23(26)18-25(22-10-6-3-7-11-22)17-21-8-4-2-5-9-21/h2-15H,16-18H2,1H3,(H,24,26). The summed E-state index contributed by atoms with van der Waals surface area (Å²) in [6.45, 7) is 3.63. The van der Waals surface area contributed by atoms with Gasteiger partial charge in [0.25, 0.3) is 0 Å². The van der Waals surface area contributed by atoms with E-state index in [-0.39, 0.29) is 5.91 Å². The van der Waals surface area contributed by atoms with Crippen LogP contribution in [0.25, 0.3) is 0 Å². The van der Waals surface area contributed by atoms with Crippen molar-refractivity contribution in [1.29, 1.82) is 0 Å². The van der Waals surface area contributed by atoms with E-state index in [1.807, 2.05) is 48.5 Å². The molecule has 3 aromatic rings. The van der Waals surface area contributed by atoms with Gasteiger partial charge in [-0.15, -0.1) is 0 Å². The molecule has 3 heteroatoms. The Morgan fingerprint density at radius 3 is 2.08 bits per heavy atom. The fraction of sp³-hybridized carbons (Fsp3) is 0.174. The minimum atomic E-state index is 0.0189. The van der Waals surface area contributed by atoms with E-state index in [9.17, 15) is 4.79 Å². The van der Waals surface area contributed by atoms with E-state index < -0.39 is 0 Å². The van der Waals surface area contributed by atoms with Gasteiger partial charge in [-0.1, -0.05) is 78.4 Å². The van der Waals surface area contributed by atoms with Crippen LogP contribution in [0, 0.1) is 6.92 Å². The van der Waals surface area contributed by atoms with E-state index in [2.05, 4.69) is 53.5 Å². The van der Waals surface area contributed by atoms with Crippen molar-refractivity contribution in [3.8, 4) is 0 Å². The average Bonchev–Trinajstić information content (AvgIpc) is 2.68. The molecule has 0 radical (unpaired) electrons. The van der Waals surface area contributed by atoms with Gasteiger partial charge in [-0.25, -0.2) is 0 Å². The van der Waals surface area contributed by atoms with Crippen LogP contribution in [0.2, 0.25) is 0 Å². The minimum Gasteiger partial charge on any atom is -0.358 e. The summed E-state index contributed by atoms with van der Waals surface area (Å²) in [5.74, 6) is 0.0189. The van der Waals surface area contributed by atoms with Crippen LogP contribution >= 0.6 is 0 Å². The highest BCUT2D eigenvalue weighted by Gasteiger charge is 2.12. The van der Waals surface area contributed by atoms with E-state index in [0.717, 1.165) is 11.3 Å². The average molecular weight is 344 g/mol. The molecule has 0 aromatic heterocycles. The highest BCUT2D eigenvalue weighted by Crippen LogP contribution is 2.16. The van der Waals surface area contributed by atoms with Crippen molar-refractivity contribution in [3.63, 3.8) is 0 Å². The number of anilines is 1. The summed E-state index contributed by atoms with van der Waals surface area (Å²) in [6.07, 6.45) is 0. The molecule has 1 amide bonds. The van der Waals surface area contributed by atoms with Crippen LogP contribution in [-0.2, 0) is 17.9 Å². The van der Waals surface area contributed by atoms with Crippen molar-refractivity contribution in [2.24, 2.45) is 0 Å². The third-order valence-corrected chi connectivity index (χ3v) is 4.28. The van der Waals surface area contributed by atoms with Crippen LogP contribution in [0.1, 0.15) is 16.7 Å². The van der Waals surface area contributed by atoms with Crippen LogP contribution in [0.4, 0.5) is 5.69 Å². The molecule has 0 aliphatic rings. The molecule has 1 N–H and O–H groups in total. The molecular weight excluding hydrogens is 320 g/mol. The first kappa shape index (κ1) is 17.7. The molecule has 0 unspecified atom stereocenters. The number of hydrogen-bond acceptors (Lipinski definition) is 2. The van der Waals surface area contributed by atoms with E-state index in [1.54, 1.807) is 0 Å². The summed E-state index contributed by atoms with van der Waals surface area (Å²) in [4.78, 5) is 14.6. The molecule has 0 saturated carbocycles. The monoisotopic (exact) mass is 344 g/mol. The zero-order chi connectivity index (χ0) is 18.2. The Hall–Kier alpha value is -3.07. The smallest absolute Gasteiger partial charge is 0.239 e. The van der Waals surface area contributed by atoms with Crippen LogP contribution < -0.4 is 10.2 Å². The van der Waals surface area contributed by atoms with Crippen LogP contribution in [0.15, 0.2) is 84.9 Å². The molecule has 26 heavy (non-hydrogen) atoms. The van der Waals surface area contributed by atoms with Crippen molar-refractivity contribution in [2.45, 2.75) is 20.0 Å². The second kappa shape index (κ2) is 8.86. The van der Waals surface area contributed by atoms with Crippen molar-refractivity contribution in [2.75, 3.05) is 11.4 Å². The molecule has 0 atom stereocenters. The predicted molar refractivity (Wildman–Crippen MR) is 107 cm³/mol. The first-order valence-electron chi connectivity index (χ1n) is 8.87. The van der Waals surface area contributed by atoms with Crippen molar-refractivity contribution in [3.05, 3.63) is 102 Å². The molecule has 3 nitrogen and oxygen atoms in total. The zero-order valence-electron chi connectivity index (χ0n) is 15.1. The van der Waals surface area contributed by atoms with E-state index in [0.29, 0.717) is 19.6 Å². The highest BCUT2D eigenvalue weighted by atomic mass is 16.2. The van der Waals surface area contributed by atoms with Gasteiger partial charge >= 0.3 is 0 Å². The number of benzene rings is 3. The number of para-hydroxylation sites is 1. The number of rotatable bonds is 7. The molecule has 0 saturated heterocycles. The van der Waals surface area contributed by atoms with Gasteiger partial charge in [-0.3, -0.25) is 4.79 Å². The molecule has 0 aliphatic carbocycles. The SMILES string of the molecule is Cc1ccc(CNC(=O)CN(Cc2ccccc2)c2ccccc2)cc1. The van der Waals surface area contributed by atoms with Gasteiger partial charge in [0.1, 0.15) is 0 Å². The number of carbonyl (C=O) groups excluding carboxylic acids is 1. The quantitative estimate of drug-likeness (QED) is 0.692. The summed E-state index contributed by atoms with van der Waals surface area (Å²) >= 11 is 0. The van der Waals surface area contributed by atoms with E-state index in [1.165, 1.54) is 11.1 Å². The number of carbonyl (C=O) groups is 1. The summed E-state index contributed by atoms with van der Waals surface area (Å²) in [5, 5.41) is 3.02. The molecule has 0 bridgehead atoms. The normalized spacial score (nSPS) is 10.3. The molecule has 3 rings (SSSR count). The molecule has 0 fully saturated rings. The van der Waals surface area contributed by atoms with E-state index >= 15 is 0 Å². The van der Waals surface area contributed by atoms with Gasteiger partial charge < -0.3 is 10.2 Å². The number of nitrogens with zero attached hydrogens (tertiary/aromatic N) is 1. The Morgan fingerprint density at radius 2 is 1.42 bits per heavy atom. The maximum Gasteiger partial charge on any atom is 0.239 e. The maximum atomic E-state index is 12.5. The Kier molecular flexibility index (Phi) is 6.05. The number of nitrogens with one attached hydrogen (secondary N) is 1. The van der Waals surface area contributed by atoms with Gasteiger partial charge in [-0.05, 0) is 30.2 Å². The molecule has 0 spiro atoms. The van der Waals surface area contributed by atoms with Gasteiger partial charge in [0, 0.05) is 18.8 Å². The largest absolute Gasteiger partial charge is 0.358 e. The molecular formula is C23H24N2O. The second-order valence-corrected chi connectivity index (χ2v) is 6.44. The van der Waals surface area contributed by atoms with Crippen LogP contribution in [0.3, 0.4) is 0 Å². The molecule has 3 aromatic carbocycles. The summed E-state index contributed by atoms with van der Waals surface area (Å²) < 4.78 is 0. The third kappa shape index (κ3) is 5.21. The number of aryl methyl sites for hydroxylation is 1. The van der Waals surface area contributed by atoms with Gasteiger partial charge in [0.2, 0.25) is 5.91 Å². The number of hydrogen-bond donors (Lipinski definition) is 1. The van der Waals surface area contributed by atoms with E-state index in [4.69, 9.17) is 0 Å². The van der Waals surface area contributed by atoms with Crippen molar-refractivity contribution in [1.82, 2.24) is 5.32 Å². The van der Waals surface area contributed by atoms with Gasteiger partial charge in [-0.2, -0.15) is 0 Å². The lowest BCUT2D eigenvalue weighted by molar-refractivity contribution is -0.119. The Bertz CT molecular complexity index is 814. The lowest BCUT2D eigenvalue weighted by Gasteiger charge is -2.24. The van der Waals surface area contributed by atoms with Gasteiger partial charge in [0.05, 0.1) is 6.54 Å². The maximum absolute atomic E-state index is 12.5. The van der Waals surface area contributed by atoms with Crippen LogP contribution in [0.5, 0.6) is 0 Å². The van der Waals surface area contributed by atoms with Crippen molar-refractivity contribution < 1.29 is 4.79 Å². The summed E-state index contributed by atoms with van der Waals surface area (Å²) in [5.41, 5.74) is 4.56. The second-order valence-electron chi connectivity index (χ2n) is 6.44. The molecule has 132 valence electrons. The summed E-state index contributed by atoms with van der Waals surface area (Å²) in [7, 11) is 0. The van der Waals surface area contributed by atoms with Crippen LogP contribution in [-0.4, -0.2) is 12.5 Å². The summed E-state index contributed by atoms with van der Waals surface area (Å²) in [6, 6.07) is 28.5. The molecule has 0 heterocycles. The lowest BCUT2D eigenvalue weighted by atomic mass is 10.1. The number of amides is 1. The Morgan fingerprint density at radius 1 is 0.808 bits per heavy atom. The molecule has 0 aliphatic heterocycles. The first-order valence-corrected chi connectivity index (χ1v) is 8.87. The Labute approximate surface area is 155 Å². The van der Waals surface area contributed by atoms with Crippen molar-refractivity contribution >= 4 is 11.6 Å². The minimum absolute atomic E-state index is 0.0189. The third-order valence-electron chi connectivity index (χ3n) is 4.28. The predicted octanol–water partition coefficient (Wildman–Crippen LogP) is 4.32. The topological polar surface area (TPSA) is 32.3 Å². The highest BCUT2D eigenvalue weighted by molar-refractivity contribution is 5.81. The fourth-order valence-corrected chi connectivity index (χ4v) is 2.82. The Balaban J connectivity index is 1.64. The zero-order valence-corrected chi connectivity index (χ0v) is 15.1. The lowest BCUT2D eigenvalue weighted by Crippen LogP contribution is -2.36. The van der Waals surface area contributed by atoms with Gasteiger partial charge in [0.15, 0.2) is 0 Å². The first-order chi connectivity index (χ1) is 12.7.